The zero-order chi connectivity index (χ0) is 14.6. The SMILES string of the molecule is COC(C)(C)CCNc1cccc(-c2n[nH]c(C)n2)c1. The van der Waals surface area contributed by atoms with Crippen molar-refractivity contribution < 1.29 is 4.74 Å². The highest BCUT2D eigenvalue weighted by Gasteiger charge is 2.15. The Kier molecular flexibility index (Phi) is 4.39. The number of aromatic nitrogens is 3. The number of hydrogen-bond acceptors (Lipinski definition) is 4. The molecule has 0 fully saturated rings. The summed E-state index contributed by atoms with van der Waals surface area (Å²) in [5.41, 5.74) is 1.97. The normalized spacial score (nSPS) is 11.6. The van der Waals surface area contributed by atoms with E-state index in [1.165, 1.54) is 0 Å². The summed E-state index contributed by atoms with van der Waals surface area (Å²) in [6.07, 6.45) is 0.938. The van der Waals surface area contributed by atoms with Gasteiger partial charge in [0.15, 0.2) is 5.82 Å². The van der Waals surface area contributed by atoms with Crippen molar-refractivity contribution in [3.05, 3.63) is 30.1 Å². The van der Waals surface area contributed by atoms with Gasteiger partial charge in [-0.1, -0.05) is 12.1 Å². The molecule has 1 aromatic heterocycles. The monoisotopic (exact) mass is 274 g/mol. The molecule has 2 N–H and O–H groups in total. The Hall–Kier alpha value is -1.88. The van der Waals surface area contributed by atoms with Crippen LogP contribution < -0.4 is 5.32 Å². The summed E-state index contributed by atoms with van der Waals surface area (Å²) in [4.78, 5) is 4.34. The molecule has 1 heterocycles. The Morgan fingerprint density at radius 1 is 1.35 bits per heavy atom. The molecule has 0 saturated carbocycles. The molecular weight excluding hydrogens is 252 g/mol. The molecule has 0 atom stereocenters. The largest absolute Gasteiger partial charge is 0.385 e. The number of nitrogens with one attached hydrogen (secondary N) is 2. The lowest BCUT2D eigenvalue weighted by atomic mass is 10.1. The summed E-state index contributed by atoms with van der Waals surface area (Å²) in [6.45, 7) is 6.92. The van der Waals surface area contributed by atoms with E-state index in [-0.39, 0.29) is 5.60 Å². The molecule has 5 heteroatoms. The van der Waals surface area contributed by atoms with Crippen LogP contribution in [0.1, 0.15) is 26.1 Å². The van der Waals surface area contributed by atoms with Gasteiger partial charge in [0.1, 0.15) is 5.82 Å². The van der Waals surface area contributed by atoms with Gasteiger partial charge in [-0.25, -0.2) is 4.98 Å². The minimum atomic E-state index is -0.106. The topological polar surface area (TPSA) is 62.8 Å². The Balaban J connectivity index is 2.00. The van der Waals surface area contributed by atoms with Crippen molar-refractivity contribution in [3.8, 4) is 11.4 Å². The van der Waals surface area contributed by atoms with Crippen molar-refractivity contribution >= 4 is 5.69 Å². The van der Waals surface area contributed by atoms with Gasteiger partial charge in [-0.2, -0.15) is 5.10 Å². The van der Waals surface area contributed by atoms with Crippen molar-refractivity contribution in [1.82, 2.24) is 15.2 Å². The number of anilines is 1. The molecule has 0 unspecified atom stereocenters. The van der Waals surface area contributed by atoms with E-state index in [4.69, 9.17) is 4.74 Å². The van der Waals surface area contributed by atoms with Crippen LogP contribution in [0.4, 0.5) is 5.69 Å². The van der Waals surface area contributed by atoms with E-state index < -0.39 is 0 Å². The quantitative estimate of drug-likeness (QED) is 0.850. The zero-order valence-electron chi connectivity index (χ0n) is 12.5. The van der Waals surface area contributed by atoms with Gasteiger partial charge in [0.25, 0.3) is 0 Å². The number of H-pyrrole nitrogens is 1. The summed E-state index contributed by atoms with van der Waals surface area (Å²) >= 11 is 0. The van der Waals surface area contributed by atoms with Crippen LogP contribution in [0.2, 0.25) is 0 Å². The highest BCUT2D eigenvalue weighted by Crippen LogP contribution is 2.20. The summed E-state index contributed by atoms with van der Waals surface area (Å²) in [5.74, 6) is 1.54. The van der Waals surface area contributed by atoms with Crippen LogP contribution in [0.5, 0.6) is 0 Å². The van der Waals surface area contributed by atoms with Gasteiger partial charge < -0.3 is 10.1 Å². The van der Waals surface area contributed by atoms with E-state index in [2.05, 4.69) is 40.4 Å². The fourth-order valence-electron chi connectivity index (χ4n) is 1.85. The van der Waals surface area contributed by atoms with Crippen molar-refractivity contribution in [3.63, 3.8) is 0 Å². The van der Waals surface area contributed by atoms with Crippen LogP contribution in [-0.2, 0) is 4.74 Å². The minimum Gasteiger partial charge on any atom is -0.385 e. The summed E-state index contributed by atoms with van der Waals surface area (Å²) in [7, 11) is 1.74. The van der Waals surface area contributed by atoms with Crippen molar-refractivity contribution in [2.24, 2.45) is 0 Å². The molecule has 0 radical (unpaired) electrons. The van der Waals surface area contributed by atoms with Gasteiger partial charge in [0.05, 0.1) is 5.60 Å². The Bertz CT molecular complexity index is 563. The number of aromatic amines is 1. The second-order valence-electron chi connectivity index (χ2n) is 5.47. The van der Waals surface area contributed by atoms with Crippen molar-refractivity contribution in [1.29, 1.82) is 0 Å². The Morgan fingerprint density at radius 3 is 2.80 bits per heavy atom. The summed E-state index contributed by atoms with van der Waals surface area (Å²) < 4.78 is 5.41. The van der Waals surface area contributed by atoms with Crippen molar-refractivity contribution in [2.45, 2.75) is 32.8 Å². The van der Waals surface area contributed by atoms with Crippen LogP contribution in [0.25, 0.3) is 11.4 Å². The predicted octanol–water partition coefficient (Wildman–Crippen LogP) is 3.01. The molecule has 2 rings (SSSR count). The maximum atomic E-state index is 5.41. The van der Waals surface area contributed by atoms with Crippen LogP contribution >= 0.6 is 0 Å². The Labute approximate surface area is 119 Å². The average Bonchev–Trinajstić information content (AvgIpc) is 2.86. The first kappa shape index (κ1) is 14.5. The fraction of sp³-hybridized carbons (Fsp3) is 0.467. The van der Waals surface area contributed by atoms with Gasteiger partial charge in [-0.15, -0.1) is 0 Å². The molecule has 5 nitrogen and oxygen atoms in total. The first-order chi connectivity index (χ1) is 9.50. The highest BCUT2D eigenvalue weighted by atomic mass is 16.5. The number of aryl methyl sites for hydroxylation is 1. The molecule has 0 aliphatic heterocycles. The lowest BCUT2D eigenvalue weighted by Crippen LogP contribution is -2.25. The third-order valence-electron chi connectivity index (χ3n) is 3.33. The molecule has 0 aliphatic carbocycles. The zero-order valence-corrected chi connectivity index (χ0v) is 12.5. The van der Waals surface area contributed by atoms with Gasteiger partial charge >= 0.3 is 0 Å². The second-order valence-corrected chi connectivity index (χ2v) is 5.47. The molecular formula is C15H22N4O. The summed E-state index contributed by atoms with van der Waals surface area (Å²) in [5, 5.41) is 10.4. The lowest BCUT2D eigenvalue weighted by Gasteiger charge is -2.23. The average molecular weight is 274 g/mol. The minimum absolute atomic E-state index is 0.106. The summed E-state index contributed by atoms with van der Waals surface area (Å²) in [6, 6.07) is 8.11. The molecule has 0 bridgehead atoms. The maximum Gasteiger partial charge on any atom is 0.181 e. The number of ether oxygens (including phenoxy) is 1. The van der Waals surface area contributed by atoms with Crippen LogP contribution in [-0.4, -0.2) is 34.4 Å². The first-order valence-electron chi connectivity index (χ1n) is 6.79. The maximum absolute atomic E-state index is 5.41. The number of methoxy groups -OCH3 is 1. The lowest BCUT2D eigenvalue weighted by molar-refractivity contribution is 0.0185. The van der Waals surface area contributed by atoms with E-state index in [1.54, 1.807) is 7.11 Å². The number of benzene rings is 1. The smallest absolute Gasteiger partial charge is 0.181 e. The van der Waals surface area contributed by atoms with Gasteiger partial charge in [-0.3, -0.25) is 5.10 Å². The Morgan fingerprint density at radius 2 is 2.15 bits per heavy atom. The predicted molar refractivity (Wildman–Crippen MR) is 80.8 cm³/mol. The molecule has 0 spiro atoms. The van der Waals surface area contributed by atoms with Gasteiger partial charge in [-0.05, 0) is 39.3 Å². The highest BCUT2D eigenvalue weighted by molar-refractivity contribution is 5.62. The van der Waals surface area contributed by atoms with Gasteiger partial charge in [0.2, 0.25) is 0 Å². The van der Waals surface area contributed by atoms with E-state index in [0.29, 0.717) is 0 Å². The van der Waals surface area contributed by atoms with E-state index in [9.17, 15) is 0 Å². The fourth-order valence-corrected chi connectivity index (χ4v) is 1.85. The van der Waals surface area contributed by atoms with Crippen molar-refractivity contribution in [2.75, 3.05) is 19.0 Å². The third-order valence-corrected chi connectivity index (χ3v) is 3.33. The number of hydrogen-bond donors (Lipinski definition) is 2. The molecule has 20 heavy (non-hydrogen) atoms. The molecule has 0 amide bonds. The van der Waals surface area contributed by atoms with Crippen LogP contribution in [0, 0.1) is 6.92 Å². The number of nitrogens with zero attached hydrogens (tertiary/aromatic N) is 2. The molecule has 108 valence electrons. The van der Waals surface area contributed by atoms with Gasteiger partial charge in [0, 0.05) is 24.9 Å². The standard InChI is InChI=1S/C15H22N4O/c1-11-17-14(19-18-11)12-6-5-7-13(10-12)16-9-8-15(2,3)20-4/h5-7,10,16H,8-9H2,1-4H3,(H,17,18,19). The molecule has 2 aromatic rings. The molecule has 0 saturated heterocycles. The molecule has 1 aromatic carbocycles. The van der Waals surface area contributed by atoms with Crippen LogP contribution in [0.3, 0.4) is 0 Å². The van der Waals surface area contributed by atoms with E-state index in [0.717, 1.165) is 35.9 Å². The first-order valence-corrected chi connectivity index (χ1v) is 6.79. The van der Waals surface area contributed by atoms with E-state index >= 15 is 0 Å². The second kappa shape index (κ2) is 6.05. The molecule has 0 aliphatic rings. The number of rotatable bonds is 6. The van der Waals surface area contributed by atoms with Crippen LogP contribution in [0.15, 0.2) is 24.3 Å². The third kappa shape index (κ3) is 3.81. The van der Waals surface area contributed by atoms with E-state index in [1.807, 2.05) is 25.1 Å².